The van der Waals surface area contributed by atoms with Crippen LogP contribution in [0, 0.1) is 0 Å². The third kappa shape index (κ3) is 5.50. The van der Waals surface area contributed by atoms with Gasteiger partial charge in [0.1, 0.15) is 6.10 Å². The highest BCUT2D eigenvalue weighted by molar-refractivity contribution is 7.99. The van der Waals surface area contributed by atoms with Gasteiger partial charge in [0.2, 0.25) is 5.88 Å². The minimum atomic E-state index is 0.132. The first-order valence-corrected chi connectivity index (χ1v) is 8.91. The summed E-state index contributed by atoms with van der Waals surface area (Å²) in [6, 6.07) is 0. The molecule has 1 saturated heterocycles. The first kappa shape index (κ1) is 17.1. The molecule has 2 heterocycles. The summed E-state index contributed by atoms with van der Waals surface area (Å²) in [6.45, 7) is 7.05. The zero-order valence-corrected chi connectivity index (χ0v) is 14.4. The van der Waals surface area contributed by atoms with E-state index in [1.165, 1.54) is 11.5 Å². The Morgan fingerprint density at radius 1 is 1.41 bits per heavy atom. The minimum Gasteiger partial charge on any atom is -0.472 e. The Bertz CT molecular complexity index is 463. The fraction of sp³-hybridized carbons (Fsp3) is 0.625. The Morgan fingerprint density at radius 2 is 2.18 bits per heavy atom. The van der Waals surface area contributed by atoms with Gasteiger partial charge in [0.15, 0.2) is 5.82 Å². The molecule has 6 heteroatoms. The highest BCUT2D eigenvalue weighted by atomic mass is 32.2. The van der Waals surface area contributed by atoms with Crippen LogP contribution in [0.1, 0.15) is 12.8 Å². The first-order chi connectivity index (χ1) is 10.7. The monoisotopic (exact) mass is 322 g/mol. The lowest BCUT2D eigenvalue weighted by molar-refractivity contribution is 0.127. The Balaban J connectivity index is 1.98. The minimum absolute atomic E-state index is 0.132. The van der Waals surface area contributed by atoms with Gasteiger partial charge in [-0.2, -0.15) is 16.7 Å². The van der Waals surface area contributed by atoms with Gasteiger partial charge >= 0.3 is 0 Å². The maximum Gasteiger partial charge on any atom is 0.234 e. The van der Waals surface area contributed by atoms with Crippen LogP contribution in [-0.2, 0) is 0 Å². The van der Waals surface area contributed by atoms with Crippen molar-refractivity contribution in [3.63, 3.8) is 0 Å². The molecule has 1 aliphatic rings. The summed E-state index contributed by atoms with van der Waals surface area (Å²) < 4.78 is 6.11. The van der Waals surface area contributed by atoms with Gasteiger partial charge in [0.25, 0.3) is 0 Å². The van der Waals surface area contributed by atoms with E-state index in [2.05, 4.69) is 21.4 Å². The fourth-order valence-corrected chi connectivity index (χ4v) is 3.32. The van der Waals surface area contributed by atoms with Crippen molar-refractivity contribution in [1.82, 2.24) is 14.9 Å². The molecule has 1 aromatic rings. The molecule has 0 aliphatic carbocycles. The number of ether oxygens (including phenoxy) is 1. The molecule has 0 spiro atoms. The van der Waals surface area contributed by atoms with Crippen molar-refractivity contribution in [1.29, 1.82) is 0 Å². The number of hydrogen-bond donors (Lipinski definition) is 0. The van der Waals surface area contributed by atoms with Crippen LogP contribution in [0.25, 0.3) is 0 Å². The van der Waals surface area contributed by atoms with Crippen molar-refractivity contribution < 1.29 is 4.74 Å². The molecule has 0 unspecified atom stereocenters. The maximum atomic E-state index is 6.11. The van der Waals surface area contributed by atoms with E-state index >= 15 is 0 Å². The standard InChI is InChI=1S/C16H26N4OS/c1-4-5-6-14(13-20-7-9-22-10-8-20)21-16-12-17-11-15(18-16)19(2)3/h4,11-12,14H,1,5-10,13H2,2-3H3/t14-/m1/s1. The highest BCUT2D eigenvalue weighted by Crippen LogP contribution is 2.17. The van der Waals surface area contributed by atoms with Gasteiger partial charge < -0.3 is 9.64 Å². The predicted molar refractivity (Wildman–Crippen MR) is 94.0 cm³/mol. The molecular weight excluding hydrogens is 296 g/mol. The molecule has 5 nitrogen and oxygen atoms in total. The van der Waals surface area contributed by atoms with Crippen molar-refractivity contribution in [2.45, 2.75) is 18.9 Å². The van der Waals surface area contributed by atoms with Crippen LogP contribution >= 0.6 is 11.8 Å². The molecule has 2 rings (SSSR count). The van der Waals surface area contributed by atoms with Crippen LogP contribution in [0.2, 0.25) is 0 Å². The van der Waals surface area contributed by atoms with Gasteiger partial charge in [-0.1, -0.05) is 6.08 Å². The average molecular weight is 322 g/mol. The molecule has 0 saturated carbocycles. The van der Waals surface area contributed by atoms with E-state index in [0.717, 1.165) is 38.3 Å². The van der Waals surface area contributed by atoms with Crippen molar-refractivity contribution in [3.05, 3.63) is 25.0 Å². The van der Waals surface area contributed by atoms with Crippen LogP contribution in [0.4, 0.5) is 5.82 Å². The maximum absolute atomic E-state index is 6.11. The number of allylic oxidation sites excluding steroid dienone is 1. The van der Waals surface area contributed by atoms with E-state index < -0.39 is 0 Å². The van der Waals surface area contributed by atoms with Crippen molar-refractivity contribution in [2.75, 3.05) is 50.1 Å². The quantitative estimate of drug-likeness (QED) is 0.684. The summed E-state index contributed by atoms with van der Waals surface area (Å²) in [5.41, 5.74) is 0. The molecule has 1 aromatic heterocycles. The second-order valence-corrected chi connectivity index (χ2v) is 6.85. The number of aromatic nitrogens is 2. The lowest BCUT2D eigenvalue weighted by Crippen LogP contribution is -2.40. The summed E-state index contributed by atoms with van der Waals surface area (Å²) >= 11 is 2.03. The summed E-state index contributed by atoms with van der Waals surface area (Å²) in [5, 5.41) is 0. The number of rotatable bonds is 8. The molecule has 0 amide bonds. The fourth-order valence-electron chi connectivity index (χ4n) is 2.34. The highest BCUT2D eigenvalue weighted by Gasteiger charge is 2.18. The van der Waals surface area contributed by atoms with Crippen LogP contribution in [0.15, 0.2) is 25.0 Å². The normalized spacial score (nSPS) is 17.0. The summed E-state index contributed by atoms with van der Waals surface area (Å²) in [6.07, 6.45) is 7.43. The largest absolute Gasteiger partial charge is 0.472 e. The first-order valence-electron chi connectivity index (χ1n) is 7.76. The molecular formula is C16H26N4OS. The van der Waals surface area contributed by atoms with Crippen molar-refractivity contribution >= 4 is 17.6 Å². The van der Waals surface area contributed by atoms with Gasteiger partial charge in [0, 0.05) is 45.2 Å². The van der Waals surface area contributed by atoms with Gasteiger partial charge in [0.05, 0.1) is 12.4 Å². The molecule has 0 aromatic carbocycles. The summed E-state index contributed by atoms with van der Waals surface area (Å²) in [5.74, 6) is 3.84. The average Bonchev–Trinajstić information content (AvgIpc) is 2.54. The molecule has 22 heavy (non-hydrogen) atoms. The van der Waals surface area contributed by atoms with E-state index in [1.807, 2.05) is 36.8 Å². The topological polar surface area (TPSA) is 41.5 Å². The second-order valence-electron chi connectivity index (χ2n) is 5.63. The lowest BCUT2D eigenvalue weighted by Gasteiger charge is -2.30. The molecule has 0 N–H and O–H groups in total. The third-order valence-corrected chi connectivity index (χ3v) is 4.55. The van der Waals surface area contributed by atoms with Crippen LogP contribution in [0.3, 0.4) is 0 Å². The molecule has 1 aliphatic heterocycles. The number of nitrogens with zero attached hydrogens (tertiary/aromatic N) is 4. The molecule has 122 valence electrons. The Labute approximate surface area is 137 Å². The van der Waals surface area contributed by atoms with Gasteiger partial charge in [-0.15, -0.1) is 6.58 Å². The van der Waals surface area contributed by atoms with E-state index in [1.54, 1.807) is 12.4 Å². The second kappa shape index (κ2) is 9.00. The molecule has 0 bridgehead atoms. The Morgan fingerprint density at radius 3 is 2.86 bits per heavy atom. The van der Waals surface area contributed by atoms with Crippen LogP contribution in [-0.4, -0.2) is 66.2 Å². The zero-order chi connectivity index (χ0) is 15.8. The van der Waals surface area contributed by atoms with E-state index in [4.69, 9.17) is 4.74 Å². The number of thioether (sulfide) groups is 1. The Hall–Kier alpha value is -1.27. The molecule has 1 fully saturated rings. The summed E-state index contributed by atoms with van der Waals surface area (Å²) in [7, 11) is 3.91. The molecule has 0 radical (unpaired) electrons. The number of hydrogen-bond acceptors (Lipinski definition) is 6. The van der Waals surface area contributed by atoms with E-state index in [-0.39, 0.29) is 6.10 Å². The number of anilines is 1. The Kier molecular flexibility index (Phi) is 6.99. The molecule has 1 atom stereocenters. The third-order valence-electron chi connectivity index (χ3n) is 3.60. The van der Waals surface area contributed by atoms with Gasteiger partial charge in [-0.3, -0.25) is 9.88 Å². The lowest BCUT2D eigenvalue weighted by atomic mass is 10.2. The van der Waals surface area contributed by atoms with Crippen molar-refractivity contribution in [3.8, 4) is 5.88 Å². The van der Waals surface area contributed by atoms with Crippen LogP contribution < -0.4 is 9.64 Å². The predicted octanol–water partition coefficient (Wildman–Crippen LogP) is 2.31. The van der Waals surface area contributed by atoms with Gasteiger partial charge in [-0.25, -0.2) is 0 Å². The summed E-state index contributed by atoms with van der Waals surface area (Å²) in [4.78, 5) is 13.1. The smallest absolute Gasteiger partial charge is 0.234 e. The van der Waals surface area contributed by atoms with E-state index in [9.17, 15) is 0 Å². The van der Waals surface area contributed by atoms with Crippen LogP contribution in [0.5, 0.6) is 5.88 Å². The van der Waals surface area contributed by atoms with E-state index in [0.29, 0.717) is 5.88 Å². The van der Waals surface area contributed by atoms with Gasteiger partial charge in [-0.05, 0) is 12.8 Å². The van der Waals surface area contributed by atoms with Crippen molar-refractivity contribution in [2.24, 2.45) is 0 Å². The zero-order valence-electron chi connectivity index (χ0n) is 13.6. The SMILES string of the molecule is C=CCC[C@H](CN1CCSCC1)Oc1cncc(N(C)C)n1.